The quantitative estimate of drug-likeness (QED) is 0.101. The molecular formula is C47H52ClN7O3. The van der Waals surface area contributed by atoms with E-state index in [4.69, 9.17) is 11.6 Å². The number of hydrogen-bond donors (Lipinski definition) is 1. The zero-order valence-corrected chi connectivity index (χ0v) is 33.9. The van der Waals surface area contributed by atoms with E-state index in [0.29, 0.717) is 43.7 Å². The molecule has 5 aliphatic rings. The van der Waals surface area contributed by atoms with Crippen LogP contribution in [0.2, 0.25) is 5.02 Å². The number of carbonyl (C=O) groups is 3. The summed E-state index contributed by atoms with van der Waals surface area (Å²) >= 11 is 7.01. The lowest BCUT2D eigenvalue weighted by Gasteiger charge is -2.35. The van der Waals surface area contributed by atoms with E-state index in [1.54, 1.807) is 4.68 Å². The van der Waals surface area contributed by atoms with Gasteiger partial charge in [-0.2, -0.15) is 5.01 Å². The first kappa shape index (κ1) is 37.5. The molecule has 11 heteroatoms. The number of carbonyl (C=O) groups excluding carboxylic acids is 3. The van der Waals surface area contributed by atoms with Gasteiger partial charge in [0.05, 0.1) is 17.5 Å². The number of piperidine rings is 2. The maximum Gasteiger partial charge on any atom is 0.256 e. The van der Waals surface area contributed by atoms with Crippen LogP contribution in [0.1, 0.15) is 110 Å². The number of halogens is 1. The van der Waals surface area contributed by atoms with Crippen molar-refractivity contribution in [3.8, 4) is 11.1 Å². The van der Waals surface area contributed by atoms with Crippen LogP contribution in [0.3, 0.4) is 0 Å². The van der Waals surface area contributed by atoms with Crippen LogP contribution in [0.4, 0.5) is 5.69 Å². The monoisotopic (exact) mass is 797 g/mol. The molecule has 2 aromatic carbocycles. The maximum absolute atomic E-state index is 13.6. The summed E-state index contributed by atoms with van der Waals surface area (Å²) in [5.74, 6) is 1.26. The molecule has 5 aromatic rings. The van der Waals surface area contributed by atoms with E-state index in [0.717, 1.165) is 96.8 Å². The van der Waals surface area contributed by atoms with Crippen molar-refractivity contribution < 1.29 is 14.4 Å². The first-order chi connectivity index (χ1) is 28.4. The topological polar surface area (TPSA) is 97.8 Å². The smallest absolute Gasteiger partial charge is 0.256 e. The fraction of sp³-hybridized carbons (Fsp3) is 0.447. The molecule has 0 bridgehead atoms. The number of nitrogens with one attached hydrogen (secondary N) is 1. The van der Waals surface area contributed by atoms with Crippen molar-refractivity contribution in [2.75, 3.05) is 55.7 Å². The molecule has 3 saturated heterocycles. The molecule has 10 nitrogen and oxygen atoms in total. The Bertz CT molecular complexity index is 2340. The number of hydrogen-bond acceptors (Lipinski definition) is 6. The predicted molar refractivity (Wildman–Crippen MR) is 228 cm³/mol. The van der Waals surface area contributed by atoms with Gasteiger partial charge in [0.2, 0.25) is 11.8 Å². The van der Waals surface area contributed by atoms with E-state index >= 15 is 0 Å². The van der Waals surface area contributed by atoms with E-state index in [-0.39, 0.29) is 23.6 Å². The highest BCUT2D eigenvalue weighted by molar-refractivity contribution is 6.38. The van der Waals surface area contributed by atoms with Crippen molar-refractivity contribution in [3.63, 3.8) is 0 Å². The van der Waals surface area contributed by atoms with Crippen LogP contribution in [-0.4, -0.2) is 88.0 Å². The molecule has 0 radical (unpaired) electrons. The van der Waals surface area contributed by atoms with Gasteiger partial charge >= 0.3 is 0 Å². The second kappa shape index (κ2) is 15.8. The molecule has 10 rings (SSSR count). The largest absolute Gasteiger partial charge is 0.346 e. The summed E-state index contributed by atoms with van der Waals surface area (Å²) in [5, 5.41) is 3.12. The Kier molecular flexibility index (Phi) is 10.2. The number of unbranched alkanes of at least 4 members (excludes halogenated alkanes) is 1. The van der Waals surface area contributed by atoms with Crippen molar-refractivity contribution in [2.45, 2.75) is 87.9 Å². The number of piperazine rings is 1. The second-order valence-corrected chi connectivity index (χ2v) is 17.7. The molecule has 2 saturated carbocycles. The van der Waals surface area contributed by atoms with Gasteiger partial charge in [0.15, 0.2) is 0 Å². The zero-order chi connectivity index (χ0) is 39.3. The second-order valence-electron chi connectivity index (χ2n) is 17.3. The molecule has 3 aromatic heterocycles. The molecule has 1 atom stereocenters. The number of pyridine rings is 1. The van der Waals surface area contributed by atoms with Crippen LogP contribution >= 0.6 is 11.6 Å². The Labute approximate surface area is 345 Å². The molecule has 1 N–H and O–H groups in total. The summed E-state index contributed by atoms with van der Waals surface area (Å²) in [4.78, 5) is 54.6. The van der Waals surface area contributed by atoms with Crippen molar-refractivity contribution in [2.24, 2.45) is 0 Å². The maximum atomic E-state index is 13.6. The standard InChI is InChI=1S/C47H52ClN7O3/c48-45-41(28-50-46-44(45)40(27-49-46)35-12-13-35)36-4-3-5-38(26-36)54-25-24-52(30-43(54)57)20-2-1-19-51-21-16-33(17-22-51)31-8-10-34(11-9-31)39-14-15-42(56)55(47(39)58)53-23-18-37(29-53)32-6-7-32/h3-5,8-11,18,23,26-29,32-33,35,39H,1-2,6-7,12-17,19-22,24-25,30H2,(H,49,50). The highest BCUT2D eigenvalue weighted by atomic mass is 35.5. The van der Waals surface area contributed by atoms with Gasteiger partial charge in [-0.1, -0.05) is 48.0 Å². The molecule has 58 heavy (non-hydrogen) atoms. The lowest BCUT2D eigenvalue weighted by Crippen LogP contribution is -2.50. The zero-order valence-electron chi connectivity index (χ0n) is 33.1. The highest BCUT2D eigenvalue weighted by Crippen LogP contribution is 2.46. The van der Waals surface area contributed by atoms with Crippen molar-refractivity contribution >= 4 is 46.0 Å². The first-order valence-electron chi connectivity index (χ1n) is 21.5. The molecule has 300 valence electrons. The summed E-state index contributed by atoms with van der Waals surface area (Å²) in [6, 6.07) is 18.9. The van der Waals surface area contributed by atoms with Crippen LogP contribution in [0.15, 0.2) is 79.4 Å². The number of likely N-dealkylation sites (tertiary alicyclic amines) is 1. The average Bonchev–Trinajstić information content (AvgIpc) is 4.18. The van der Waals surface area contributed by atoms with Crippen LogP contribution in [0.25, 0.3) is 22.2 Å². The van der Waals surface area contributed by atoms with E-state index in [2.05, 4.69) is 62.4 Å². The van der Waals surface area contributed by atoms with Gasteiger partial charge in [-0.15, -0.1) is 0 Å². The summed E-state index contributed by atoms with van der Waals surface area (Å²) in [7, 11) is 0. The Morgan fingerprint density at radius 2 is 1.48 bits per heavy atom. The SMILES string of the molecule is O=C1CN(CCCCN2CCC(c3ccc(C4CCC(=O)N(n5ccc(C6CC6)c5)C4=O)cc3)CC2)CCN1c1cccc(-c2cnc3[nH]cc(C4CC4)c3c2Cl)c1. The van der Waals surface area contributed by atoms with Crippen LogP contribution < -0.4 is 9.91 Å². The van der Waals surface area contributed by atoms with Crippen molar-refractivity contribution in [1.29, 1.82) is 0 Å². The van der Waals surface area contributed by atoms with Gasteiger partial charge in [-0.25, -0.2) is 4.98 Å². The first-order valence-corrected chi connectivity index (χ1v) is 21.9. The molecule has 1 unspecified atom stereocenters. The molecule has 2 aliphatic carbocycles. The Morgan fingerprint density at radius 3 is 2.24 bits per heavy atom. The van der Waals surface area contributed by atoms with Gasteiger partial charge in [0.1, 0.15) is 5.65 Å². The molecule has 0 spiro atoms. The van der Waals surface area contributed by atoms with Crippen molar-refractivity contribution in [1.82, 2.24) is 24.4 Å². The minimum Gasteiger partial charge on any atom is -0.346 e. The minimum atomic E-state index is -0.297. The molecule has 5 fully saturated rings. The normalized spacial score (nSPS) is 21.5. The number of amides is 3. The highest BCUT2D eigenvalue weighted by Gasteiger charge is 2.37. The number of imide groups is 1. The fourth-order valence-electron chi connectivity index (χ4n) is 9.69. The minimum absolute atomic E-state index is 0.123. The summed E-state index contributed by atoms with van der Waals surface area (Å²) in [5.41, 5.74) is 8.45. The third-order valence-electron chi connectivity index (χ3n) is 13.4. The number of H-pyrrole nitrogens is 1. The fourth-order valence-corrected chi connectivity index (χ4v) is 10.0. The van der Waals surface area contributed by atoms with Gasteiger partial charge in [-0.05, 0) is 148 Å². The molecule has 3 amide bonds. The summed E-state index contributed by atoms with van der Waals surface area (Å²) < 4.78 is 1.71. The number of anilines is 1. The molecule has 3 aliphatic heterocycles. The lowest BCUT2D eigenvalue weighted by molar-refractivity contribution is -0.132. The van der Waals surface area contributed by atoms with Gasteiger partial charge in [-0.3, -0.25) is 24.0 Å². The van der Waals surface area contributed by atoms with Gasteiger partial charge in [0.25, 0.3) is 5.91 Å². The average molecular weight is 798 g/mol. The summed E-state index contributed by atoms with van der Waals surface area (Å²) in [6.45, 7) is 6.17. The van der Waals surface area contributed by atoms with Crippen LogP contribution in [-0.2, 0) is 14.4 Å². The van der Waals surface area contributed by atoms with E-state index in [1.165, 1.54) is 47.4 Å². The van der Waals surface area contributed by atoms with E-state index < -0.39 is 0 Å². The third kappa shape index (κ3) is 7.51. The number of benzene rings is 2. The van der Waals surface area contributed by atoms with E-state index in [1.807, 2.05) is 41.7 Å². The van der Waals surface area contributed by atoms with E-state index in [9.17, 15) is 14.4 Å². The van der Waals surface area contributed by atoms with Crippen molar-refractivity contribution in [3.05, 3.63) is 107 Å². The number of aromatic nitrogens is 3. The number of aromatic amines is 1. The molecular weight excluding hydrogens is 746 g/mol. The Morgan fingerprint density at radius 1 is 0.741 bits per heavy atom. The van der Waals surface area contributed by atoms with Crippen LogP contribution in [0.5, 0.6) is 0 Å². The lowest BCUT2D eigenvalue weighted by atomic mass is 9.85. The van der Waals surface area contributed by atoms with Gasteiger partial charge in [0, 0.05) is 60.9 Å². The number of rotatable bonds is 12. The predicted octanol–water partition coefficient (Wildman–Crippen LogP) is 8.32. The Balaban J connectivity index is 0.669. The number of fused-ring (bicyclic) bond motifs is 1. The Hall–Kier alpha value is -4.77. The third-order valence-corrected chi connectivity index (χ3v) is 13.8. The van der Waals surface area contributed by atoms with Crippen LogP contribution in [0, 0.1) is 0 Å². The number of nitrogens with zero attached hydrogens (tertiary/aromatic N) is 6. The molecule has 6 heterocycles. The summed E-state index contributed by atoms with van der Waals surface area (Å²) in [6.07, 6.45) is 17.9. The van der Waals surface area contributed by atoms with Gasteiger partial charge < -0.3 is 14.8 Å².